The number of H-pyrrole nitrogens is 2. The van der Waals surface area contributed by atoms with Crippen molar-refractivity contribution in [3.8, 4) is 0 Å². The Bertz CT molecular complexity index is 1670. The summed E-state index contributed by atoms with van der Waals surface area (Å²) in [6, 6.07) is 9.55. The highest BCUT2D eigenvalue weighted by Gasteiger charge is 2.52. The zero-order valence-corrected chi connectivity index (χ0v) is 18.9. The molecule has 168 valence electrons. The summed E-state index contributed by atoms with van der Waals surface area (Å²) in [5.41, 5.74) is 8.32. The maximum Gasteiger partial charge on any atom is 0.326 e. The summed E-state index contributed by atoms with van der Waals surface area (Å²) >= 11 is 13.0. The third-order valence-electron chi connectivity index (χ3n) is 6.15. The summed E-state index contributed by atoms with van der Waals surface area (Å²) in [6.07, 6.45) is 0. The van der Waals surface area contributed by atoms with E-state index in [-0.39, 0.29) is 22.0 Å². The number of nitrogens with two attached hydrogens (primary N) is 1. The standard InChI is InChI=1S/C22H17Cl2N5O4/c1-28-13-5-3-9(7-11(13)26-20(28)32)15-17(23)18(30)16(22(24,25)19(15)31)10-4-6-14-12(8-10)27-21(33)29(14)2/h3-8,16H,25H2,1-2H3,(H,26,32)(H,27,33). The molecule has 0 spiro atoms. The highest BCUT2D eigenvalue weighted by atomic mass is 35.5. The molecule has 1 aliphatic rings. The number of nitrogens with zero attached hydrogens (tertiary/aromatic N) is 2. The number of allylic oxidation sites excluding steroid dienone is 1. The number of alkyl halides is 1. The molecule has 0 radical (unpaired) electrons. The fourth-order valence-corrected chi connectivity index (χ4v) is 4.97. The van der Waals surface area contributed by atoms with Gasteiger partial charge in [-0.2, -0.15) is 0 Å². The summed E-state index contributed by atoms with van der Waals surface area (Å²) in [6.45, 7) is 0. The number of aromatic nitrogens is 4. The number of carbonyl (C=O) groups is 2. The van der Waals surface area contributed by atoms with Crippen molar-refractivity contribution in [1.82, 2.24) is 19.1 Å². The molecule has 9 nitrogen and oxygen atoms in total. The number of hydrogen-bond donors (Lipinski definition) is 3. The van der Waals surface area contributed by atoms with Crippen molar-refractivity contribution in [3.05, 3.63) is 73.5 Å². The first-order chi connectivity index (χ1) is 15.5. The van der Waals surface area contributed by atoms with Crippen LogP contribution < -0.4 is 17.1 Å². The quantitative estimate of drug-likeness (QED) is 0.294. The first-order valence-electron chi connectivity index (χ1n) is 9.86. The predicted octanol–water partition coefficient (Wildman–Crippen LogP) is 1.83. The van der Waals surface area contributed by atoms with Gasteiger partial charge in [0, 0.05) is 14.1 Å². The summed E-state index contributed by atoms with van der Waals surface area (Å²) in [7, 11) is 3.21. The molecular weight excluding hydrogens is 469 g/mol. The second-order valence-corrected chi connectivity index (χ2v) is 9.07. The molecule has 0 fully saturated rings. The zero-order chi connectivity index (χ0) is 23.8. The van der Waals surface area contributed by atoms with Crippen molar-refractivity contribution in [3.63, 3.8) is 0 Å². The lowest BCUT2D eigenvalue weighted by Crippen LogP contribution is -2.53. The molecule has 1 aliphatic carbocycles. The molecule has 2 heterocycles. The van der Waals surface area contributed by atoms with Gasteiger partial charge >= 0.3 is 11.4 Å². The van der Waals surface area contributed by atoms with E-state index in [4.69, 9.17) is 28.9 Å². The van der Waals surface area contributed by atoms with Gasteiger partial charge in [0.15, 0.2) is 10.8 Å². The molecule has 11 heteroatoms. The molecule has 4 N–H and O–H groups in total. The van der Waals surface area contributed by atoms with Gasteiger partial charge in [0.25, 0.3) is 0 Å². The number of halogens is 2. The molecule has 0 saturated heterocycles. The first kappa shape index (κ1) is 21.4. The zero-order valence-electron chi connectivity index (χ0n) is 17.4. The summed E-state index contributed by atoms with van der Waals surface area (Å²) in [5, 5.41) is -0.300. The fraction of sp³-hybridized carbons (Fsp3) is 0.182. The summed E-state index contributed by atoms with van der Waals surface area (Å²) < 4.78 is 2.83. The normalized spacial score (nSPS) is 21.5. The number of benzene rings is 2. The topological polar surface area (TPSA) is 136 Å². The van der Waals surface area contributed by atoms with Crippen LogP contribution in [0.15, 0.2) is 51.0 Å². The third kappa shape index (κ3) is 2.97. The number of Topliss-reactive ketones (excluding diaryl/α,β-unsaturated/α-hetero) is 2. The third-order valence-corrected chi connectivity index (χ3v) is 6.91. The lowest BCUT2D eigenvalue weighted by atomic mass is 9.76. The van der Waals surface area contributed by atoms with E-state index in [9.17, 15) is 19.2 Å². The molecule has 5 rings (SSSR count). The van der Waals surface area contributed by atoms with Gasteiger partial charge in [-0.1, -0.05) is 35.3 Å². The average Bonchev–Trinajstić information content (AvgIpc) is 3.21. The molecule has 2 aromatic carbocycles. The van der Waals surface area contributed by atoms with Gasteiger partial charge in [0.2, 0.25) is 5.78 Å². The Kier molecular flexibility index (Phi) is 4.58. The first-order valence-corrected chi connectivity index (χ1v) is 10.6. The Morgan fingerprint density at radius 3 is 2.06 bits per heavy atom. The van der Waals surface area contributed by atoms with E-state index >= 15 is 0 Å². The number of imidazole rings is 2. The number of fused-ring (bicyclic) bond motifs is 2. The molecule has 2 aromatic heterocycles. The SMILES string of the molecule is Cn1c(=O)[nH]c2cc(C3=C(Cl)C(=O)C(c4ccc5c(c4)[nH]c(=O)n5C)C(N)(Cl)C3=O)ccc21. The number of aryl methyl sites for hydroxylation is 2. The minimum absolute atomic E-state index is 0.115. The number of carbonyl (C=O) groups excluding carboxylic acids is 2. The summed E-state index contributed by atoms with van der Waals surface area (Å²) in [5.74, 6) is -2.61. The van der Waals surface area contributed by atoms with Crippen LogP contribution in [0.1, 0.15) is 17.0 Å². The number of ketones is 2. The smallest absolute Gasteiger partial charge is 0.306 e. The number of nitrogens with one attached hydrogen (secondary N) is 2. The van der Waals surface area contributed by atoms with E-state index in [1.165, 1.54) is 9.13 Å². The molecule has 0 saturated carbocycles. The van der Waals surface area contributed by atoms with E-state index in [0.717, 1.165) is 0 Å². The van der Waals surface area contributed by atoms with Crippen LogP contribution in [0.5, 0.6) is 0 Å². The second kappa shape index (κ2) is 7.05. The Morgan fingerprint density at radius 2 is 1.45 bits per heavy atom. The molecular formula is C22H17Cl2N5O4. The van der Waals surface area contributed by atoms with Crippen LogP contribution in [0, 0.1) is 0 Å². The Balaban J connectivity index is 1.67. The molecule has 2 unspecified atom stereocenters. The second-order valence-electron chi connectivity index (χ2n) is 8.07. The predicted molar refractivity (Wildman–Crippen MR) is 125 cm³/mol. The van der Waals surface area contributed by atoms with Crippen LogP contribution in [-0.4, -0.2) is 35.7 Å². The van der Waals surface area contributed by atoms with E-state index < -0.39 is 22.5 Å². The fourth-order valence-electron chi connectivity index (χ4n) is 4.34. The van der Waals surface area contributed by atoms with Gasteiger partial charge in [0.05, 0.1) is 38.6 Å². The van der Waals surface area contributed by atoms with Crippen molar-refractivity contribution in [2.75, 3.05) is 0 Å². The van der Waals surface area contributed by atoms with E-state index in [1.54, 1.807) is 50.5 Å². The van der Waals surface area contributed by atoms with Crippen LogP contribution in [0.4, 0.5) is 0 Å². The van der Waals surface area contributed by atoms with E-state index in [0.29, 0.717) is 33.2 Å². The number of hydrogen-bond acceptors (Lipinski definition) is 5. The lowest BCUT2D eigenvalue weighted by Gasteiger charge is -2.35. The Hall–Kier alpha value is -3.40. The van der Waals surface area contributed by atoms with Gasteiger partial charge in [-0.3, -0.25) is 18.7 Å². The molecule has 0 aliphatic heterocycles. The van der Waals surface area contributed by atoms with Gasteiger partial charge in [-0.15, -0.1) is 0 Å². The minimum atomic E-state index is -2.12. The molecule has 0 amide bonds. The van der Waals surface area contributed by atoms with Gasteiger partial charge in [-0.25, -0.2) is 9.59 Å². The van der Waals surface area contributed by atoms with Crippen LogP contribution in [-0.2, 0) is 23.7 Å². The maximum absolute atomic E-state index is 13.4. The van der Waals surface area contributed by atoms with Crippen LogP contribution in [0.2, 0.25) is 0 Å². The van der Waals surface area contributed by atoms with Crippen molar-refractivity contribution >= 4 is 62.4 Å². The molecule has 4 aromatic rings. The van der Waals surface area contributed by atoms with Crippen molar-refractivity contribution < 1.29 is 9.59 Å². The van der Waals surface area contributed by atoms with Crippen LogP contribution in [0.3, 0.4) is 0 Å². The average molecular weight is 486 g/mol. The van der Waals surface area contributed by atoms with Crippen molar-refractivity contribution in [2.45, 2.75) is 10.9 Å². The monoisotopic (exact) mass is 485 g/mol. The lowest BCUT2D eigenvalue weighted by molar-refractivity contribution is -0.124. The van der Waals surface area contributed by atoms with Crippen molar-refractivity contribution in [2.24, 2.45) is 19.8 Å². The Labute approximate surface area is 195 Å². The minimum Gasteiger partial charge on any atom is -0.306 e. The molecule has 33 heavy (non-hydrogen) atoms. The molecule has 0 bridgehead atoms. The highest BCUT2D eigenvalue weighted by molar-refractivity contribution is 6.58. The van der Waals surface area contributed by atoms with Gasteiger partial charge in [-0.05, 0) is 35.4 Å². The van der Waals surface area contributed by atoms with E-state index in [1.807, 2.05) is 0 Å². The molecule has 2 atom stereocenters. The Morgan fingerprint density at radius 1 is 0.909 bits per heavy atom. The number of rotatable bonds is 2. The van der Waals surface area contributed by atoms with Crippen LogP contribution >= 0.6 is 23.2 Å². The summed E-state index contributed by atoms with van der Waals surface area (Å²) in [4.78, 5) is 53.8. The van der Waals surface area contributed by atoms with E-state index in [2.05, 4.69) is 9.97 Å². The highest BCUT2D eigenvalue weighted by Crippen LogP contribution is 2.45. The van der Waals surface area contributed by atoms with Gasteiger partial charge < -0.3 is 15.7 Å². The maximum atomic E-state index is 13.4. The van der Waals surface area contributed by atoms with Crippen molar-refractivity contribution in [1.29, 1.82) is 0 Å². The largest absolute Gasteiger partial charge is 0.326 e. The van der Waals surface area contributed by atoms with Gasteiger partial charge in [0.1, 0.15) is 0 Å². The van der Waals surface area contributed by atoms with Crippen LogP contribution in [0.25, 0.3) is 27.6 Å². The number of aromatic amines is 2.